The minimum atomic E-state index is -4.94. The number of hydrogen-bond donors (Lipinski definition) is 2. The Bertz CT molecular complexity index is 1300. The van der Waals surface area contributed by atoms with E-state index >= 15 is 8.78 Å². The molecule has 0 aliphatic carbocycles. The zero-order valence-corrected chi connectivity index (χ0v) is 19.2. The Morgan fingerprint density at radius 1 is 1.00 bits per heavy atom. The summed E-state index contributed by atoms with van der Waals surface area (Å²) in [7, 11) is 0. The Balaban J connectivity index is 1.37. The van der Waals surface area contributed by atoms with E-state index in [0.717, 1.165) is 18.2 Å². The first kappa shape index (κ1) is 24.3. The lowest BCUT2D eigenvalue weighted by Gasteiger charge is -2.29. The first-order chi connectivity index (χ1) is 17.7. The number of rotatable bonds is 4. The van der Waals surface area contributed by atoms with Crippen LogP contribution in [0.15, 0.2) is 24.3 Å². The number of aromatic nitrogens is 2. The van der Waals surface area contributed by atoms with Crippen LogP contribution in [0.3, 0.4) is 0 Å². The third-order valence-electron chi connectivity index (χ3n) is 6.78. The molecule has 6 rings (SSSR count). The fourth-order valence-electron chi connectivity index (χ4n) is 5.00. The number of H-pyrrole nitrogens is 1. The van der Waals surface area contributed by atoms with Gasteiger partial charge in [0.05, 0.1) is 54.3 Å². The standard InChI is InChI=1S/C24H22F5N3O5/c25-13-5-11(32-1-3-34-4-2-32)6-14(26)20(13)21-12(24(27,28)29)7-15-16(31-21)8-19(30-15)37-18-10-36-22-17(33)9-35-23(18)22/h5-8,17-18,22-23,30,33H,1-4,9-10H2/t17-,18-,22?,23-/m1/s1. The average molecular weight is 527 g/mol. The number of nitrogens with zero attached hydrogens (tertiary/aromatic N) is 2. The fraction of sp³-hybridized carbons (Fsp3) is 0.458. The van der Waals surface area contributed by atoms with E-state index in [9.17, 15) is 18.3 Å². The van der Waals surface area contributed by atoms with Crippen LogP contribution in [0, 0.1) is 11.6 Å². The number of morpholine rings is 1. The molecule has 3 aliphatic rings. The van der Waals surface area contributed by atoms with Crippen molar-refractivity contribution in [3.8, 4) is 17.1 Å². The number of ether oxygens (including phenoxy) is 4. The predicted molar refractivity (Wildman–Crippen MR) is 119 cm³/mol. The zero-order valence-electron chi connectivity index (χ0n) is 19.2. The van der Waals surface area contributed by atoms with Crippen LogP contribution < -0.4 is 9.64 Å². The van der Waals surface area contributed by atoms with Crippen LogP contribution in [-0.4, -0.2) is 79.0 Å². The number of benzene rings is 1. The summed E-state index contributed by atoms with van der Waals surface area (Å²) in [6.07, 6.45) is -7.44. The van der Waals surface area contributed by atoms with Crippen molar-refractivity contribution in [2.75, 3.05) is 44.4 Å². The molecule has 4 atom stereocenters. The van der Waals surface area contributed by atoms with Crippen molar-refractivity contribution in [1.29, 1.82) is 0 Å². The zero-order chi connectivity index (χ0) is 25.9. The highest BCUT2D eigenvalue weighted by atomic mass is 19.4. The number of pyridine rings is 1. The van der Waals surface area contributed by atoms with Gasteiger partial charge in [0.25, 0.3) is 0 Å². The first-order valence-corrected chi connectivity index (χ1v) is 11.7. The lowest BCUT2D eigenvalue weighted by Crippen LogP contribution is -2.36. The SMILES string of the molecule is O[C@@H]1CO[C@H]2C1OC[C@H]2Oc1cc2nc(-c3c(F)cc(N4CCOCC4)cc3F)c(C(F)(F)F)cc2[nH]1. The monoisotopic (exact) mass is 527 g/mol. The van der Waals surface area contributed by atoms with Crippen LogP contribution in [-0.2, 0) is 20.4 Å². The minimum Gasteiger partial charge on any atom is -0.470 e. The van der Waals surface area contributed by atoms with Gasteiger partial charge in [-0.25, -0.2) is 13.8 Å². The largest absolute Gasteiger partial charge is 0.470 e. The topological polar surface area (TPSA) is 89.1 Å². The molecule has 3 aliphatic heterocycles. The van der Waals surface area contributed by atoms with Gasteiger partial charge in [0, 0.05) is 24.8 Å². The maximum Gasteiger partial charge on any atom is 0.418 e. The highest BCUT2D eigenvalue weighted by molar-refractivity contribution is 5.83. The highest BCUT2D eigenvalue weighted by Gasteiger charge is 2.48. The van der Waals surface area contributed by atoms with Crippen molar-refractivity contribution >= 4 is 16.7 Å². The molecule has 3 aromatic rings. The number of halogens is 5. The molecule has 2 N–H and O–H groups in total. The summed E-state index contributed by atoms with van der Waals surface area (Å²) in [5, 5.41) is 9.88. The number of aliphatic hydroxyl groups excluding tert-OH is 1. The van der Waals surface area contributed by atoms with Gasteiger partial charge in [0.2, 0.25) is 0 Å². The number of hydrogen-bond acceptors (Lipinski definition) is 7. The van der Waals surface area contributed by atoms with Gasteiger partial charge in [-0.3, -0.25) is 0 Å². The van der Waals surface area contributed by atoms with Crippen LogP contribution >= 0.6 is 0 Å². The number of aromatic amines is 1. The quantitative estimate of drug-likeness (QED) is 0.504. The lowest BCUT2D eigenvalue weighted by atomic mass is 10.0. The van der Waals surface area contributed by atoms with Crippen molar-refractivity contribution in [1.82, 2.24) is 9.97 Å². The van der Waals surface area contributed by atoms with E-state index in [0.29, 0.717) is 26.3 Å². The average Bonchev–Trinajstić information content (AvgIpc) is 3.54. The second-order valence-electron chi connectivity index (χ2n) is 9.15. The molecular weight excluding hydrogens is 505 g/mol. The van der Waals surface area contributed by atoms with E-state index in [1.54, 1.807) is 4.90 Å². The number of anilines is 1. The smallest absolute Gasteiger partial charge is 0.418 e. The second-order valence-corrected chi connectivity index (χ2v) is 9.15. The maximum atomic E-state index is 15.2. The third-order valence-corrected chi connectivity index (χ3v) is 6.78. The summed E-state index contributed by atoms with van der Waals surface area (Å²) in [6, 6.07) is 4.11. The van der Waals surface area contributed by atoms with Crippen LogP contribution in [0.5, 0.6) is 5.88 Å². The molecule has 198 valence electrons. The fourth-order valence-corrected chi connectivity index (χ4v) is 5.00. The number of aliphatic hydroxyl groups is 1. The number of alkyl halides is 3. The second kappa shape index (κ2) is 9.08. The molecule has 13 heteroatoms. The molecule has 37 heavy (non-hydrogen) atoms. The normalized spacial score (nSPS) is 26.2. The van der Waals surface area contributed by atoms with E-state index in [-0.39, 0.29) is 35.8 Å². The molecule has 8 nitrogen and oxygen atoms in total. The molecule has 2 aromatic heterocycles. The summed E-state index contributed by atoms with van der Waals surface area (Å²) in [6.45, 7) is 1.75. The van der Waals surface area contributed by atoms with Gasteiger partial charge in [-0.1, -0.05) is 0 Å². The highest BCUT2D eigenvalue weighted by Crippen LogP contribution is 2.41. The molecule has 0 spiro atoms. The Labute approximate surface area is 206 Å². The maximum absolute atomic E-state index is 15.2. The summed E-state index contributed by atoms with van der Waals surface area (Å²) < 4.78 is 94.4. The van der Waals surface area contributed by atoms with Gasteiger partial charge < -0.3 is 33.9 Å². The van der Waals surface area contributed by atoms with E-state index in [1.165, 1.54) is 6.07 Å². The van der Waals surface area contributed by atoms with E-state index < -0.39 is 59.0 Å². The molecule has 0 saturated carbocycles. The Hall–Kier alpha value is -3.00. The molecule has 3 saturated heterocycles. The van der Waals surface area contributed by atoms with Crippen molar-refractivity contribution < 1.29 is 46.0 Å². The summed E-state index contributed by atoms with van der Waals surface area (Å²) in [5.74, 6) is -2.23. The molecule has 1 aromatic carbocycles. The van der Waals surface area contributed by atoms with Gasteiger partial charge >= 0.3 is 6.18 Å². The molecular formula is C24H22F5N3O5. The van der Waals surface area contributed by atoms with Crippen molar-refractivity contribution in [3.63, 3.8) is 0 Å². The van der Waals surface area contributed by atoms with Crippen molar-refractivity contribution in [2.24, 2.45) is 0 Å². The Morgan fingerprint density at radius 2 is 1.70 bits per heavy atom. The molecule has 3 fully saturated rings. The van der Waals surface area contributed by atoms with Crippen LogP contribution in [0.2, 0.25) is 0 Å². The molecule has 0 bridgehead atoms. The van der Waals surface area contributed by atoms with E-state index in [2.05, 4.69) is 9.97 Å². The molecule has 0 radical (unpaired) electrons. The predicted octanol–water partition coefficient (Wildman–Crippen LogP) is 3.27. The Kier molecular flexibility index (Phi) is 5.97. The number of nitrogens with one attached hydrogen (secondary N) is 1. The van der Waals surface area contributed by atoms with Crippen LogP contribution in [0.1, 0.15) is 5.56 Å². The van der Waals surface area contributed by atoms with Gasteiger partial charge in [-0.05, 0) is 18.2 Å². The summed E-state index contributed by atoms with van der Waals surface area (Å²) in [5.41, 5.74) is -2.81. The van der Waals surface area contributed by atoms with E-state index in [1.807, 2.05) is 0 Å². The van der Waals surface area contributed by atoms with Gasteiger partial charge in [-0.2, -0.15) is 13.2 Å². The summed E-state index contributed by atoms with van der Waals surface area (Å²) >= 11 is 0. The minimum absolute atomic E-state index is 0.0249. The number of fused-ring (bicyclic) bond motifs is 2. The molecule has 0 amide bonds. The van der Waals surface area contributed by atoms with Crippen LogP contribution in [0.4, 0.5) is 27.6 Å². The van der Waals surface area contributed by atoms with Gasteiger partial charge in [0.15, 0.2) is 12.0 Å². The summed E-state index contributed by atoms with van der Waals surface area (Å²) in [4.78, 5) is 8.42. The van der Waals surface area contributed by atoms with E-state index in [4.69, 9.17) is 18.9 Å². The lowest BCUT2D eigenvalue weighted by molar-refractivity contribution is -0.137. The van der Waals surface area contributed by atoms with Gasteiger partial charge in [-0.15, -0.1) is 0 Å². The van der Waals surface area contributed by atoms with Crippen molar-refractivity contribution in [3.05, 3.63) is 41.5 Å². The van der Waals surface area contributed by atoms with Gasteiger partial charge in [0.1, 0.15) is 29.9 Å². The Morgan fingerprint density at radius 3 is 2.41 bits per heavy atom. The first-order valence-electron chi connectivity index (χ1n) is 11.7. The molecule has 5 heterocycles. The molecule has 1 unspecified atom stereocenters. The van der Waals surface area contributed by atoms with Crippen molar-refractivity contribution in [2.45, 2.75) is 30.6 Å². The van der Waals surface area contributed by atoms with Crippen LogP contribution in [0.25, 0.3) is 22.3 Å². The third kappa shape index (κ3) is 4.39.